The zero-order valence-electron chi connectivity index (χ0n) is 16.1. The molecule has 2 atom stereocenters. The smallest absolute Gasteiger partial charge is 0.270 e. The Bertz CT molecular complexity index is 784. The molecule has 142 valence electrons. The molecule has 3 rings (SSSR count). The number of carbonyl (C=O) groups excluding carboxylic acids is 1. The number of carbonyl (C=O) groups is 1. The highest BCUT2D eigenvalue weighted by molar-refractivity contribution is 6.01. The Balaban J connectivity index is 1.87. The summed E-state index contributed by atoms with van der Waals surface area (Å²) in [6.45, 7) is 9.46. The van der Waals surface area contributed by atoms with Crippen molar-refractivity contribution in [2.45, 2.75) is 59.2 Å². The number of fused-ring (bicyclic) bond motifs is 1. The zero-order chi connectivity index (χ0) is 18.8. The summed E-state index contributed by atoms with van der Waals surface area (Å²) in [5, 5.41) is 0.768. The molecule has 0 saturated carbocycles. The molecule has 1 aromatic carbocycles. The van der Waals surface area contributed by atoms with E-state index in [0.717, 1.165) is 30.2 Å². The SMILES string of the molecule is CCCC[C@@H]1CN(C(=O)c2[nH]c3c(F)cccc3c2C)C[C@H](C(C)C)O1. The second-order valence-corrected chi connectivity index (χ2v) is 7.68. The van der Waals surface area contributed by atoms with Crippen molar-refractivity contribution in [2.75, 3.05) is 13.1 Å². The van der Waals surface area contributed by atoms with Gasteiger partial charge in [0.25, 0.3) is 5.91 Å². The minimum atomic E-state index is -0.326. The first-order valence-corrected chi connectivity index (χ1v) is 9.63. The highest BCUT2D eigenvalue weighted by Crippen LogP contribution is 2.27. The summed E-state index contributed by atoms with van der Waals surface area (Å²) in [6.07, 6.45) is 3.27. The maximum atomic E-state index is 14.1. The molecular weight excluding hydrogens is 331 g/mol. The molecule has 1 aliphatic rings. The molecule has 0 aliphatic carbocycles. The van der Waals surface area contributed by atoms with Crippen molar-refractivity contribution in [3.63, 3.8) is 0 Å². The molecule has 26 heavy (non-hydrogen) atoms. The van der Waals surface area contributed by atoms with E-state index in [-0.39, 0.29) is 23.9 Å². The van der Waals surface area contributed by atoms with Gasteiger partial charge in [0.15, 0.2) is 0 Å². The number of aryl methyl sites for hydroxylation is 1. The topological polar surface area (TPSA) is 45.3 Å². The maximum Gasteiger partial charge on any atom is 0.270 e. The molecule has 1 aliphatic heterocycles. The van der Waals surface area contributed by atoms with E-state index < -0.39 is 0 Å². The van der Waals surface area contributed by atoms with E-state index in [4.69, 9.17) is 4.74 Å². The van der Waals surface area contributed by atoms with Crippen molar-refractivity contribution in [1.29, 1.82) is 0 Å². The molecule has 0 bridgehead atoms. The lowest BCUT2D eigenvalue weighted by Crippen LogP contribution is -2.51. The van der Waals surface area contributed by atoms with E-state index in [1.807, 2.05) is 17.9 Å². The van der Waals surface area contributed by atoms with Gasteiger partial charge < -0.3 is 14.6 Å². The fraction of sp³-hybridized carbons (Fsp3) is 0.571. The second kappa shape index (κ2) is 7.78. The van der Waals surface area contributed by atoms with Gasteiger partial charge in [-0.25, -0.2) is 4.39 Å². The Morgan fingerprint density at radius 1 is 1.38 bits per heavy atom. The number of benzene rings is 1. The first kappa shape index (κ1) is 18.9. The highest BCUT2D eigenvalue weighted by atomic mass is 19.1. The molecule has 0 spiro atoms. The third-order valence-corrected chi connectivity index (χ3v) is 5.36. The number of morpholine rings is 1. The van der Waals surface area contributed by atoms with Gasteiger partial charge in [0, 0.05) is 18.5 Å². The lowest BCUT2D eigenvalue weighted by molar-refractivity contribution is -0.0963. The standard InChI is InChI=1S/C21H29FN2O2/c1-5-6-8-15-11-24(12-18(26-15)13(2)3)21(25)19-14(4)16-9-7-10-17(22)20(16)23-19/h7,9-10,13,15,18,23H,5-6,8,11-12H2,1-4H3/t15-,18-/m1/s1. The molecule has 2 heterocycles. The molecule has 1 fully saturated rings. The van der Waals surface area contributed by atoms with E-state index in [2.05, 4.69) is 25.8 Å². The van der Waals surface area contributed by atoms with Crippen LogP contribution in [0.3, 0.4) is 0 Å². The van der Waals surface area contributed by atoms with Crippen LogP contribution in [-0.2, 0) is 4.74 Å². The van der Waals surface area contributed by atoms with Gasteiger partial charge in [0.05, 0.1) is 17.7 Å². The van der Waals surface area contributed by atoms with E-state index in [0.29, 0.717) is 30.2 Å². The third-order valence-electron chi connectivity index (χ3n) is 5.36. The van der Waals surface area contributed by atoms with E-state index in [1.54, 1.807) is 6.07 Å². The van der Waals surface area contributed by atoms with Gasteiger partial charge >= 0.3 is 0 Å². The first-order chi connectivity index (χ1) is 12.4. The molecule has 5 heteroatoms. The predicted molar refractivity (Wildman–Crippen MR) is 102 cm³/mol. The van der Waals surface area contributed by atoms with Crippen LogP contribution >= 0.6 is 0 Å². The van der Waals surface area contributed by atoms with Crippen LogP contribution in [0.1, 0.15) is 56.1 Å². The number of hydrogen-bond acceptors (Lipinski definition) is 2. The maximum absolute atomic E-state index is 14.1. The average Bonchev–Trinajstić information content (AvgIpc) is 2.97. The van der Waals surface area contributed by atoms with Crippen LogP contribution in [0.15, 0.2) is 18.2 Å². The number of aromatic amines is 1. The Hall–Kier alpha value is -1.88. The van der Waals surface area contributed by atoms with E-state index in [9.17, 15) is 9.18 Å². The second-order valence-electron chi connectivity index (χ2n) is 7.68. The summed E-state index contributed by atoms with van der Waals surface area (Å²) in [4.78, 5) is 18.1. The Labute approximate surface area is 154 Å². The Morgan fingerprint density at radius 2 is 2.15 bits per heavy atom. The first-order valence-electron chi connectivity index (χ1n) is 9.63. The summed E-state index contributed by atoms with van der Waals surface area (Å²) >= 11 is 0. The van der Waals surface area contributed by atoms with Crippen molar-refractivity contribution in [3.05, 3.63) is 35.3 Å². The molecule has 1 N–H and O–H groups in total. The number of nitrogens with one attached hydrogen (secondary N) is 1. The fourth-order valence-electron chi connectivity index (χ4n) is 3.68. The Kier molecular flexibility index (Phi) is 5.66. The number of para-hydroxylation sites is 1. The number of halogens is 1. The molecule has 1 saturated heterocycles. The van der Waals surface area contributed by atoms with Gasteiger partial charge in [0.2, 0.25) is 0 Å². The minimum absolute atomic E-state index is 0.0379. The summed E-state index contributed by atoms with van der Waals surface area (Å²) in [5.74, 6) is -0.0444. The van der Waals surface area contributed by atoms with Crippen LogP contribution in [0.4, 0.5) is 4.39 Å². The summed E-state index contributed by atoms with van der Waals surface area (Å²) in [6, 6.07) is 4.94. The van der Waals surface area contributed by atoms with Crippen LogP contribution in [0.2, 0.25) is 0 Å². The van der Waals surface area contributed by atoms with Gasteiger partial charge in [0.1, 0.15) is 11.5 Å². The fourth-order valence-corrected chi connectivity index (χ4v) is 3.68. The number of aromatic nitrogens is 1. The van der Waals surface area contributed by atoms with Crippen LogP contribution in [0.5, 0.6) is 0 Å². The number of H-pyrrole nitrogens is 1. The number of ether oxygens (including phenoxy) is 1. The molecule has 1 aromatic heterocycles. The lowest BCUT2D eigenvalue weighted by atomic mass is 10.0. The van der Waals surface area contributed by atoms with Crippen LogP contribution in [0.25, 0.3) is 10.9 Å². The number of nitrogens with zero attached hydrogens (tertiary/aromatic N) is 1. The molecule has 1 amide bonds. The quantitative estimate of drug-likeness (QED) is 0.842. The largest absolute Gasteiger partial charge is 0.371 e. The number of unbranched alkanes of at least 4 members (excludes halogenated alkanes) is 1. The van der Waals surface area contributed by atoms with Crippen molar-refractivity contribution < 1.29 is 13.9 Å². The summed E-state index contributed by atoms with van der Waals surface area (Å²) in [5.41, 5.74) is 1.70. The minimum Gasteiger partial charge on any atom is -0.371 e. The predicted octanol–water partition coefficient (Wildman–Crippen LogP) is 4.67. The summed E-state index contributed by atoms with van der Waals surface area (Å²) < 4.78 is 20.3. The van der Waals surface area contributed by atoms with Gasteiger partial charge in [-0.05, 0) is 30.9 Å². The molecule has 0 radical (unpaired) electrons. The third kappa shape index (κ3) is 3.63. The number of amides is 1. The van der Waals surface area contributed by atoms with Gasteiger partial charge in [-0.1, -0.05) is 45.7 Å². The molecular formula is C21H29FN2O2. The zero-order valence-corrected chi connectivity index (χ0v) is 16.1. The van der Waals surface area contributed by atoms with Crippen LogP contribution < -0.4 is 0 Å². The van der Waals surface area contributed by atoms with Gasteiger partial charge in [-0.15, -0.1) is 0 Å². The van der Waals surface area contributed by atoms with Crippen molar-refractivity contribution in [1.82, 2.24) is 9.88 Å². The van der Waals surface area contributed by atoms with Crippen molar-refractivity contribution in [2.24, 2.45) is 5.92 Å². The lowest BCUT2D eigenvalue weighted by Gasteiger charge is -2.40. The van der Waals surface area contributed by atoms with Gasteiger partial charge in [-0.3, -0.25) is 4.79 Å². The average molecular weight is 360 g/mol. The van der Waals surface area contributed by atoms with E-state index in [1.165, 1.54) is 6.07 Å². The van der Waals surface area contributed by atoms with E-state index >= 15 is 0 Å². The highest BCUT2D eigenvalue weighted by Gasteiger charge is 2.33. The Morgan fingerprint density at radius 3 is 2.81 bits per heavy atom. The van der Waals surface area contributed by atoms with Crippen LogP contribution in [-0.4, -0.2) is 41.1 Å². The normalized spacial score (nSPS) is 20.9. The van der Waals surface area contributed by atoms with Crippen LogP contribution in [0, 0.1) is 18.7 Å². The molecule has 4 nitrogen and oxygen atoms in total. The molecule has 2 aromatic rings. The monoisotopic (exact) mass is 360 g/mol. The number of hydrogen-bond donors (Lipinski definition) is 1. The van der Waals surface area contributed by atoms with Crippen molar-refractivity contribution in [3.8, 4) is 0 Å². The van der Waals surface area contributed by atoms with Gasteiger partial charge in [-0.2, -0.15) is 0 Å². The van der Waals surface area contributed by atoms with Crippen molar-refractivity contribution >= 4 is 16.8 Å². The summed E-state index contributed by atoms with van der Waals surface area (Å²) in [7, 11) is 0. The molecule has 0 unspecified atom stereocenters. The number of rotatable bonds is 5.